The standard InChI is InChI=1S/C61H63N/c1-43(2)56-25-16-17-41-61(56,49-33-31-48(32-34-49)59(46-20-10-6-11-21-46)47-29-27-45(28-30-47)44-18-8-5-9-19-44)50-35-37-52(38-36-50)62(51-22-12-7-13-23-51)53-39-40-55-54-24-14-15-26-57(54)60(3,4)58(55)42-53/h6-7,10-15,20-24,26-40,42-44,56,59H,5,8-9,16-19,25,41H2,1-4H3. The second-order valence-electron chi connectivity index (χ2n) is 19.7. The Hall–Kier alpha value is -5.66. The van der Waals surface area contributed by atoms with Gasteiger partial charge in [0.2, 0.25) is 0 Å². The molecule has 2 saturated carbocycles. The molecule has 0 bridgehead atoms. The second-order valence-corrected chi connectivity index (χ2v) is 19.7. The Bertz CT molecular complexity index is 2600. The van der Waals surface area contributed by atoms with Crippen molar-refractivity contribution in [2.45, 2.75) is 108 Å². The molecule has 62 heavy (non-hydrogen) atoms. The molecule has 0 amide bonds. The average Bonchev–Trinajstić information content (AvgIpc) is 3.56. The van der Waals surface area contributed by atoms with E-state index in [-0.39, 0.29) is 16.7 Å². The van der Waals surface area contributed by atoms with Gasteiger partial charge in [-0.2, -0.15) is 0 Å². The summed E-state index contributed by atoms with van der Waals surface area (Å²) in [6.45, 7) is 9.67. The number of nitrogens with zero attached hydrogens (tertiary/aromatic N) is 1. The number of rotatable bonds is 10. The van der Waals surface area contributed by atoms with Crippen molar-refractivity contribution in [3.05, 3.63) is 220 Å². The summed E-state index contributed by atoms with van der Waals surface area (Å²) in [7, 11) is 0. The summed E-state index contributed by atoms with van der Waals surface area (Å²) in [5.74, 6) is 2.02. The Morgan fingerprint density at radius 2 is 1.00 bits per heavy atom. The molecule has 312 valence electrons. The molecule has 0 aromatic heterocycles. The smallest absolute Gasteiger partial charge is 0.0465 e. The first-order valence-corrected chi connectivity index (χ1v) is 23.8. The van der Waals surface area contributed by atoms with Crippen LogP contribution >= 0.6 is 0 Å². The van der Waals surface area contributed by atoms with Crippen molar-refractivity contribution in [3.63, 3.8) is 0 Å². The highest BCUT2D eigenvalue weighted by Crippen LogP contribution is 2.54. The third kappa shape index (κ3) is 7.22. The second kappa shape index (κ2) is 16.9. The lowest BCUT2D eigenvalue weighted by Gasteiger charge is -2.48. The molecule has 0 aliphatic heterocycles. The van der Waals surface area contributed by atoms with Gasteiger partial charge < -0.3 is 4.90 Å². The molecule has 3 unspecified atom stereocenters. The summed E-state index contributed by atoms with van der Waals surface area (Å²) in [6, 6.07) is 67.6. The van der Waals surface area contributed by atoms with Gasteiger partial charge in [0.1, 0.15) is 0 Å². The summed E-state index contributed by atoms with van der Waals surface area (Å²) in [5, 5.41) is 0. The third-order valence-corrected chi connectivity index (χ3v) is 15.5. The van der Waals surface area contributed by atoms with Gasteiger partial charge >= 0.3 is 0 Å². The fourth-order valence-corrected chi connectivity index (χ4v) is 12.3. The summed E-state index contributed by atoms with van der Waals surface area (Å²) < 4.78 is 0. The number of anilines is 3. The molecule has 7 aromatic rings. The summed E-state index contributed by atoms with van der Waals surface area (Å²) in [6.07, 6.45) is 11.8. The predicted octanol–water partition coefficient (Wildman–Crippen LogP) is 16.8. The number of fused-ring (bicyclic) bond motifs is 3. The van der Waals surface area contributed by atoms with Gasteiger partial charge in [0.15, 0.2) is 0 Å². The van der Waals surface area contributed by atoms with E-state index in [2.05, 4.69) is 209 Å². The van der Waals surface area contributed by atoms with Crippen molar-refractivity contribution >= 4 is 17.1 Å². The number of hydrogen-bond acceptors (Lipinski definition) is 1. The van der Waals surface area contributed by atoms with Crippen molar-refractivity contribution in [3.8, 4) is 11.1 Å². The molecular formula is C61H63N. The SMILES string of the molecule is CC(C)C1CCCCC1(c1ccc(C(c2ccccc2)c2ccc(C3CCCCC3)cc2)cc1)c1ccc(N(c2ccccc2)c2ccc3c(c2)C(C)(C)c2ccccc2-3)cc1. The number of benzene rings is 7. The Balaban J connectivity index is 1.02. The van der Waals surface area contributed by atoms with Crippen LogP contribution in [-0.4, -0.2) is 0 Å². The maximum absolute atomic E-state index is 2.51. The van der Waals surface area contributed by atoms with E-state index in [9.17, 15) is 0 Å². The van der Waals surface area contributed by atoms with Gasteiger partial charge in [0.25, 0.3) is 0 Å². The zero-order chi connectivity index (χ0) is 42.3. The van der Waals surface area contributed by atoms with E-state index in [0.29, 0.717) is 17.8 Å². The van der Waals surface area contributed by atoms with Crippen LogP contribution in [0, 0.1) is 11.8 Å². The van der Waals surface area contributed by atoms with Gasteiger partial charge in [-0.1, -0.05) is 199 Å². The zero-order valence-electron chi connectivity index (χ0n) is 37.4. The van der Waals surface area contributed by atoms with Gasteiger partial charge in [0, 0.05) is 33.8 Å². The first-order valence-electron chi connectivity index (χ1n) is 23.8. The summed E-state index contributed by atoms with van der Waals surface area (Å²) in [4.78, 5) is 2.46. The number of para-hydroxylation sites is 1. The first-order chi connectivity index (χ1) is 30.3. The maximum atomic E-state index is 2.51. The largest absolute Gasteiger partial charge is 0.310 e. The molecule has 10 rings (SSSR count). The molecule has 0 radical (unpaired) electrons. The minimum Gasteiger partial charge on any atom is -0.310 e. The van der Waals surface area contributed by atoms with Crippen molar-refractivity contribution in [1.29, 1.82) is 0 Å². The van der Waals surface area contributed by atoms with E-state index >= 15 is 0 Å². The van der Waals surface area contributed by atoms with Crippen molar-refractivity contribution in [2.75, 3.05) is 4.90 Å². The highest BCUT2D eigenvalue weighted by atomic mass is 15.1. The van der Waals surface area contributed by atoms with Crippen LogP contribution in [0.5, 0.6) is 0 Å². The molecule has 1 heteroatoms. The van der Waals surface area contributed by atoms with E-state index in [4.69, 9.17) is 0 Å². The molecule has 7 aromatic carbocycles. The van der Waals surface area contributed by atoms with Crippen molar-refractivity contribution < 1.29 is 0 Å². The molecule has 3 atom stereocenters. The normalized spacial score (nSPS) is 20.0. The van der Waals surface area contributed by atoms with Gasteiger partial charge in [-0.15, -0.1) is 0 Å². The van der Waals surface area contributed by atoms with Crippen molar-refractivity contribution in [2.24, 2.45) is 11.8 Å². The van der Waals surface area contributed by atoms with Crippen LogP contribution in [0.4, 0.5) is 17.1 Å². The summed E-state index contributed by atoms with van der Waals surface area (Å²) >= 11 is 0. The van der Waals surface area contributed by atoms with Crippen LogP contribution in [0.2, 0.25) is 0 Å². The highest BCUT2D eigenvalue weighted by molar-refractivity contribution is 5.85. The Morgan fingerprint density at radius 3 is 1.68 bits per heavy atom. The molecular weight excluding hydrogens is 747 g/mol. The minimum absolute atomic E-state index is 0.0612. The van der Waals surface area contributed by atoms with Crippen molar-refractivity contribution in [1.82, 2.24) is 0 Å². The molecule has 1 nitrogen and oxygen atoms in total. The summed E-state index contributed by atoms with van der Waals surface area (Å²) in [5.41, 5.74) is 17.5. The van der Waals surface area contributed by atoms with Gasteiger partial charge in [-0.3, -0.25) is 0 Å². The monoisotopic (exact) mass is 809 g/mol. The van der Waals surface area contributed by atoms with Crippen LogP contribution in [0.15, 0.2) is 176 Å². The van der Waals surface area contributed by atoms with Crippen LogP contribution in [0.3, 0.4) is 0 Å². The molecule has 0 N–H and O–H groups in total. The first kappa shape index (κ1) is 40.4. The van der Waals surface area contributed by atoms with E-state index < -0.39 is 0 Å². The fourth-order valence-electron chi connectivity index (χ4n) is 12.3. The molecule has 3 aliphatic carbocycles. The molecule has 2 fully saturated rings. The molecule has 0 heterocycles. The Morgan fingerprint density at radius 1 is 0.468 bits per heavy atom. The van der Waals surface area contributed by atoms with Gasteiger partial charge in [-0.25, -0.2) is 0 Å². The highest BCUT2D eigenvalue weighted by Gasteiger charge is 2.45. The molecule has 0 spiro atoms. The topological polar surface area (TPSA) is 3.24 Å². The minimum atomic E-state index is -0.0663. The van der Waals surface area contributed by atoms with Crippen LogP contribution < -0.4 is 4.90 Å². The third-order valence-electron chi connectivity index (χ3n) is 15.5. The predicted molar refractivity (Wildman–Crippen MR) is 262 cm³/mol. The van der Waals surface area contributed by atoms with Crippen LogP contribution in [-0.2, 0) is 10.8 Å². The Kier molecular flexibility index (Phi) is 11.0. The number of hydrogen-bond donors (Lipinski definition) is 0. The van der Waals surface area contributed by atoms with E-state index in [0.717, 1.165) is 0 Å². The lowest BCUT2D eigenvalue weighted by molar-refractivity contribution is 0.170. The zero-order valence-corrected chi connectivity index (χ0v) is 37.4. The van der Waals surface area contributed by atoms with Gasteiger partial charge in [-0.05, 0) is 135 Å². The molecule has 3 aliphatic rings. The quantitative estimate of drug-likeness (QED) is 0.124. The lowest BCUT2D eigenvalue weighted by Crippen LogP contribution is -2.42. The average molecular weight is 810 g/mol. The lowest BCUT2D eigenvalue weighted by atomic mass is 9.56. The molecule has 0 saturated heterocycles. The van der Waals surface area contributed by atoms with Gasteiger partial charge in [0.05, 0.1) is 0 Å². The van der Waals surface area contributed by atoms with E-state index in [1.807, 2.05) is 0 Å². The maximum Gasteiger partial charge on any atom is 0.0465 e. The van der Waals surface area contributed by atoms with E-state index in [1.165, 1.54) is 130 Å². The van der Waals surface area contributed by atoms with E-state index in [1.54, 1.807) is 0 Å². The van der Waals surface area contributed by atoms with Crippen LogP contribution in [0.25, 0.3) is 11.1 Å². The van der Waals surface area contributed by atoms with Crippen LogP contribution in [0.1, 0.15) is 142 Å². The fraction of sp³-hybridized carbons (Fsp3) is 0.311. The Labute approximate surface area is 371 Å².